The molecule has 0 aromatic carbocycles. The van der Waals surface area contributed by atoms with E-state index in [2.05, 4.69) is 20.8 Å². The zero-order valence-electron chi connectivity index (χ0n) is 20.8. The SMILES string of the molecule is CCCCCCCCOC(CCCCC)=C(OCCCCCCCC)OCOCC. The standard InChI is InChI=1S/C26H52O4/c1-5-9-12-14-16-19-22-28-25(21-18-11-7-3)26(30-24-27-8-4)29-23-20-17-15-13-10-6-2/h5-24H2,1-4H3. The summed E-state index contributed by atoms with van der Waals surface area (Å²) in [6, 6.07) is 0. The Bertz CT molecular complexity index is 334. The molecule has 4 nitrogen and oxygen atoms in total. The van der Waals surface area contributed by atoms with E-state index < -0.39 is 0 Å². The van der Waals surface area contributed by atoms with Crippen molar-refractivity contribution in [2.45, 2.75) is 130 Å². The van der Waals surface area contributed by atoms with E-state index in [1.54, 1.807) is 0 Å². The lowest BCUT2D eigenvalue weighted by Gasteiger charge is -2.18. The first-order valence-electron chi connectivity index (χ1n) is 13.0. The molecule has 0 rings (SSSR count). The maximum absolute atomic E-state index is 6.17. The largest absolute Gasteiger partial charge is 0.491 e. The average molecular weight is 429 g/mol. The minimum atomic E-state index is 0.222. The second-order valence-electron chi connectivity index (χ2n) is 8.16. The molecule has 0 aliphatic carbocycles. The molecule has 0 N–H and O–H groups in total. The lowest BCUT2D eigenvalue weighted by Crippen LogP contribution is -2.10. The Balaban J connectivity index is 4.60. The highest BCUT2D eigenvalue weighted by molar-refractivity contribution is 4.95. The van der Waals surface area contributed by atoms with Crippen LogP contribution in [0.15, 0.2) is 11.7 Å². The van der Waals surface area contributed by atoms with Gasteiger partial charge in [-0.2, -0.15) is 0 Å². The second kappa shape index (κ2) is 24.4. The van der Waals surface area contributed by atoms with Crippen LogP contribution in [0.5, 0.6) is 0 Å². The van der Waals surface area contributed by atoms with E-state index in [4.69, 9.17) is 18.9 Å². The summed E-state index contributed by atoms with van der Waals surface area (Å²) in [5.74, 6) is 1.43. The van der Waals surface area contributed by atoms with Crippen LogP contribution in [-0.4, -0.2) is 26.6 Å². The Morgan fingerprint density at radius 1 is 0.500 bits per heavy atom. The predicted octanol–water partition coefficient (Wildman–Crippen LogP) is 8.50. The molecule has 0 radical (unpaired) electrons. The number of allylic oxidation sites excluding steroid dienone is 1. The summed E-state index contributed by atoms with van der Waals surface area (Å²) in [7, 11) is 0. The van der Waals surface area contributed by atoms with Gasteiger partial charge in [0.05, 0.1) is 13.2 Å². The predicted molar refractivity (Wildman–Crippen MR) is 127 cm³/mol. The summed E-state index contributed by atoms with van der Waals surface area (Å²) < 4.78 is 23.5. The molecule has 0 spiro atoms. The van der Waals surface area contributed by atoms with Crippen molar-refractivity contribution in [2.24, 2.45) is 0 Å². The summed E-state index contributed by atoms with van der Waals surface area (Å²) >= 11 is 0. The molecule has 0 aromatic rings. The topological polar surface area (TPSA) is 36.9 Å². The summed E-state index contributed by atoms with van der Waals surface area (Å²) in [5, 5.41) is 0. The molecule has 0 fully saturated rings. The maximum Gasteiger partial charge on any atom is 0.321 e. The molecular formula is C26H52O4. The molecule has 0 aliphatic heterocycles. The Morgan fingerprint density at radius 3 is 1.57 bits per heavy atom. The van der Waals surface area contributed by atoms with Gasteiger partial charge in [-0.05, 0) is 26.2 Å². The van der Waals surface area contributed by atoms with Gasteiger partial charge in [0.2, 0.25) is 0 Å². The van der Waals surface area contributed by atoms with Crippen molar-refractivity contribution in [3.63, 3.8) is 0 Å². The molecule has 0 bridgehead atoms. The normalized spacial score (nSPS) is 12.0. The van der Waals surface area contributed by atoms with E-state index in [9.17, 15) is 0 Å². The Kier molecular flexibility index (Phi) is 23.6. The minimum absolute atomic E-state index is 0.222. The first-order chi connectivity index (χ1) is 14.8. The van der Waals surface area contributed by atoms with Gasteiger partial charge in [-0.15, -0.1) is 0 Å². The van der Waals surface area contributed by atoms with Crippen molar-refractivity contribution in [1.82, 2.24) is 0 Å². The van der Waals surface area contributed by atoms with Crippen LogP contribution in [0.2, 0.25) is 0 Å². The van der Waals surface area contributed by atoms with E-state index >= 15 is 0 Å². The van der Waals surface area contributed by atoms with Crippen molar-refractivity contribution in [2.75, 3.05) is 26.6 Å². The number of unbranched alkanes of at least 4 members (excludes halogenated alkanes) is 12. The molecule has 30 heavy (non-hydrogen) atoms. The minimum Gasteiger partial charge on any atom is -0.491 e. The smallest absolute Gasteiger partial charge is 0.321 e. The molecular weight excluding hydrogens is 376 g/mol. The fourth-order valence-corrected chi connectivity index (χ4v) is 3.27. The van der Waals surface area contributed by atoms with Crippen molar-refractivity contribution in [3.05, 3.63) is 11.7 Å². The summed E-state index contributed by atoms with van der Waals surface area (Å²) in [5.41, 5.74) is 0. The van der Waals surface area contributed by atoms with Crippen molar-refractivity contribution in [1.29, 1.82) is 0 Å². The van der Waals surface area contributed by atoms with Gasteiger partial charge in [0.25, 0.3) is 0 Å². The highest BCUT2D eigenvalue weighted by Crippen LogP contribution is 2.19. The fourth-order valence-electron chi connectivity index (χ4n) is 3.27. The van der Waals surface area contributed by atoms with Crippen molar-refractivity contribution >= 4 is 0 Å². The molecule has 0 saturated carbocycles. The summed E-state index contributed by atoms with van der Waals surface area (Å²) in [4.78, 5) is 0. The first-order valence-corrected chi connectivity index (χ1v) is 13.0. The third-order valence-corrected chi connectivity index (χ3v) is 5.22. The molecule has 0 saturated heterocycles. The van der Waals surface area contributed by atoms with Gasteiger partial charge in [-0.1, -0.05) is 97.8 Å². The molecule has 0 heterocycles. The first kappa shape index (κ1) is 29.1. The average Bonchev–Trinajstić information content (AvgIpc) is 2.75. The van der Waals surface area contributed by atoms with Crippen LogP contribution in [0.3, 0.4) is 0 Å². The number of ether oxygens (including phenoxy) is 4. The number of hydrogen-bond acceptors (Lipinski definition) is 4. The van der Waals surface area contributed by atoms with Crippen LogP contribution in [0.4, 0.5) is 0 Å². The van der Waals surface area contributed by atoms with Gasteiger partial charge >= 0.3 is 5.95 Å². The molecule has 4 heteroatoms. The maximum atomic E-state index is 6.17. The molecule has 0 aliphatic rings. The van der Waals surface area contributed by atoms with E-state index in [0.29, 0.717) is 19.2 Å². The van der Waals surface area contributed by atoms with Crippen LogP contribution in [0, 0.1) is 0 Å². The van der Waals surface area contributed by atoms with Crippen LogP contribution < -0.4 is 0 Å². The third-order valence-electron chi connectivity index (χ3n) is 5.22. The Hall–Kier alpha value is -0.900. The van der Waals surface area contributed by atoms with Crippen molar-refractivity contribution in [3.8, 4) is 0 Å². The lowest BCUT2D eigenvalue weighted by molar-refractivity contribution is -0.0811. The van der Waals surface area contributed by atoms with Crippen LogP contribution >= 0.6 is 0 Å². The van der Waals surface area contributed by atoms with Crippen molar-refractivity contribution < 1.29 is 18.9 Å². The van der Waals surface area contributed by atoms with Gasteiger partial charge in [0.1, 0.15) is 0 Å². The molecule has 0 amide bonds. The van der Waals surface area contributed by atoms with Crippen LogP contribution in [-0.2, 0) is 18.9 Å². The van der Waals surface area contributed by atoms with Crippen LogP contribution in [0.25, 0.3) is 0 Å². The molecule has 0 atom stereocenters. The van der Waals surface area contributed by atoms with Gasteiger partial charge < -0.3 is 18.9 Å². The zero-order valence-corrected chi connectivity index (χ0v) is 20.8. The van der Waals surface area contributed by atoms with E-state index in [0.717, 1.165) is 38.0 Å². The lowest BCUT2D eigenvalue weighted by atomic mass is 10.1. The van der Waals surface area contributed by atoms with Gasteiger partial charge in [-0.3, -0.25) is 0 Å². The Labute approximate surface area is 188 Å². The third kappa shape index (κ3) is 19.1. The molecule has 0 aromatic heterocycles. The highest BCUT2D eigenvalue weighted by atomic mass is 16.7. The van der Waals surface area contributed by atoms with Gasteiger partial charge in [0, 0.05) is 13.0 Å². The van der Waals surface area contributed by atoms with E-state index in [1.807, 2.05) is 6.92 Å². The quantitative estimate of drug-likeness (QED) is 0.0877. The van der Waals surface area contributed by atoms with Crippen LogP contribution in [0.1, 0.15) is 130 Å². The van der Waals surface area contributed by atoms with Gasteiger partial charge in [-0.25, -0.2) is 0 Å². The molecule has 0 unspecified atom stereocenters. The monoisotopic (exact) mass is 428 g/mol. The highest BCUT2D eigenvalue weighted by Gasteiger charge is 2.13. The zero-order chi connectivity index (χ0) is 22.1. The Morgan fingerprint density at radius 2 is 1.00 bits per heavy atom. The number of hydrogen-bond donors (Lipinski definition) is 0. The number of rotatable bonds is 24. The van der Waals surface area contributed by atoms with E-state index in [-0.39, 0.29) is 6.79 Å². The second-order valence-corrected chi connectivity index (χ2v) is 8.16. The fraction of sp³-hybridized carbons (Fsp3) is 0.923. The summed E-state index contributed by atoms with van der Waals surface area (Å²) in [6.07, 6.45) is 19.4. The van der Waals surface area contributed by atoms with E-state index in [1.165, 1.54) is 77.0 Å². The van der Waals surface area contributed by atoms with Gasteiger partial charge in [0.15, 0.2) is 12.6 Å². The summed E-state index contributed by atoms with van der Waals surface area (Å²) in [6.45, 7) is 11.0. The molecule has 180 valence electrons.